The molecule has 3 unspecified atom stereocenters. The quantitative estimate of drug-likeness (QED) is 0.309. The Morgan fingerprint density at radius 1 is 0.935 bits per heavy atom. The SMILES string of the molecule is CCC(=O)NC(C(=O)N1CCN(C)CC1)C(C)c1ccc(NC(=O)C(NC(=O)c2cccn2C(C)C)C2CCCCCC2)c(F)c1. The maximum absolute atomic E-state index is 15.7. The van der Waals surface area contributed by atoms with Gasteiger partial charge in [0, 0.05) is 50.8 Å². The van der Waals surface area contributed by atoms with E-state index in [1.54, 1.807) is 30.9 Å². The average Bonchev–Trinajstić information content (AvgIpc) is 3.40. The first-order chi connectivity index (χ1) is 22.0. The summed E-state index contributed by atoms with van der Waals surface area (Å²) in [5, 5.41) is 8.59. The normalized spacial score (nSPS) is 18.4. The minimum absolute atomic E-state index is 0.00101. The van der Waals surface area contributed by atoms with Crippen LogP contribution >= 0.6 is 0 Å². The van der Waals surface area contributed by atoms with Crippen LogP contribution in [-0.2, 0) is 14.4 Å². The second-order valence-corrected chi connectivity index (χ2v) is 13.1. The molecule has 1 aliphatic heterocycles. The molecule has 2 fully saturated rings. The highest BCUT2D eigenvalue weighted by Gasteiger charge is 2.34. The van der Waals surface area contributed by atoms with Crippen LogP contribution in [0.3, 0.4) is 0 Å². The first-order valence-corrected chi connectivity index (χ1v) is 16.8. The zero-order chi connectivity index (χ0) is 33.4. The summed E-state index contributed by atoms with van der Waals surface area (Å²) in [4.78, 5) is 57.0. The number of benzene rings is 1. The Morgan fingerprint density at radius 2 is 1.61 bits per heavy atom. The molecule has 1 aliphatic carbocycles. The second-order valence-electron chi connectivity index (χ2n) is 13.1. The highest BCUT2D eigenvalue weighted by Crippen LogP contribution is 2.29. The number of anilines is 1. The third-order valence-corrected chi connectivity index (χ3v) is 9.50. The van der Waals surface area contributed by atoms with Crippen molar-refractivity contribution in [3.05, 3.63) is 53.6 Å². The van der Waals surface area contributed by atoms with E-state index in [0.717, 1.165) is 51.6 Å². The number of amides is 4. The minimum Gasteiger partial charge on any atom is -0.344 e. The number of piperazine rings is 1. The van der Waals surface area contributed by atoms with Gasteiger partial charge in [-0.05, 0) is 69.5 Å². The number of hydrogen-bond donors (Lipinski definition) is 3. The lowest BCUT2D eigenvalue weighted by Gasteiger charge is -2.36. The predicted molar refractivity (Wildman–Crippen MR) is 177 cm³/mol. The van der Waals surface area contributed by atoms with Gasteiger partial charge in [0.05, 0.1) is 5.69 Å². The van der Waals surface area contributed by atoms with E-state index in [-0.39, 0.29) is 41.8 Å². The van der Waals surface area contributed by atoms with Crippen molar-refractivity contribution >= 4 is 29.3 Å². The lowest BCUT2D eigenvalue weighted by atomic mass is 9.90. The molecule has 3 N–H and O–H groups in total. The van der Waals surface area contributed by atoms with Crippen LogP contribution in [-0.4, -0.2) is 83.3 Å². The van der Waals surface area contributed by atoms with E-state index in [9.17, 15) is 19.2 Å². The zero-order valence-electron chi connectivity index (χ0n) is 28.0. The summed E-state index contributed by atoms with van der Waals surface area (Å²) in [5.41, 5.74) is 1.00. The second kappa shape index (κ2) is 16.2. The van der Waals surface area contributed by atoms with E-state index in [2.05, 4.69) is 20.9 Å². The Morgan fingerprint density at radius 3 is 2.22 bits per heavy atom. The topological polar surface area (TPSA) is 116 Å². The van der Waals surface area contributed by atoms with Crippen LogP contribution in [0.1, 0.15) is 101 Å². The highest BCUT2D eigenvalue weighted by molar-refractivity contribution is 6.01. The van der Waals surface area contributed by atoms with Crippen LogP contribution in [0.25, 0.3) is 0 Å². The first-order valence-electron chi connectivity index (χ1n) is 16.8. The van der Waals surface area contributed by atoms with Gasteiger partial charge < -0.3 is 30.3 Å². The summed E-state index contributed by atoms with van der Waals surface area (Å²) in [6, 6.07) is 6.43. The summed E-state index contributed by atoms with van der Waals surface area (Å²) in [6.07, 6.45) is 7.77. The van der Waals surface area contributed by atoms with Crippen molar-refractivity contribution in [1.29, 1.82) is 0 Å². The van der Waals surface area contributed by atoms with Crippen LogP contribution in [0, 0.1) is 11.7 Å². The molecular formula is C35H51FN6O4. The molecule has 252 valence electrons. The molecule has 4 rings (SSSR count). The van der Waals surface area contributed by atoms with Gasteiger partial charge in [0.1, 0.15) is 23.6 Å². The molecule has 11 heteroatoms. The third-order valence-electron chi connectivity index (χ3n) is 9.50. The third kappa shape index (κ3) is 8.74. The van der Waals surface area contributed by atoms with Gasteiger partial charge in [0.15, 0.2) is 0 Å². The Bertz CT molecular complexity index is 1360. The molecule has 46 heavy (non-hydrogen) atoms. The fourth-order valence-corrected chi connectivity index (χ4v) is 6.51. The van der Waals surface area contributed by atoms with Crippen LogP contribution in [0.2, 0.25) is 0 Å². The van der Waals surface area contributed by atoms with Gasteiger partial charge in [0.2, 0.25) is 17.7 Å². The molecular weight excluding hydrogens is 587 g/mol. The maximum atomic E-state index is 15.7. The number of nitrogens with zero attached hydrogens (tertiary/aromatic N) is 3. The number of carbonyl (C=O) groups is 4. The summed E-state index contributed by atoms with van der Waals surface area (Å²) < 4.78 is 17.5. The Hall–Kier alpha value is -3.73. The van der Waals surface area contributed by atoms with Gasteiger partial charge in [0.25, 0.3) is 5.91 Å². The molecule has 0 bridgehead atoms. The van der Waals surface area contributed by atoms with Gasteiger partial charge >= 0.3 is 0 Å². The van der Waals surface area contributed by atoms with Gasteiger partial charge in [-0.25, -0.2) is 4.39 Å². The maximum Gasteiger partial charge on any atom is 0.268 e. The molecule has 2 aromatic rings. The van der Waals surface area contributed by atoms with Crippen molar-refractivity contribution in [3.8, 4) is 0 Å². The largest absolute Gasteiger partial charge is 0.344 e. The zero-order valence-corrected chi connectivity index (χ0v) is 28.0. The molecule has 1 aromatic heterocycles. The van der Waals surface area contributed by atoms with Crippen molar-refractivity contribution in [2.75, 3.05) is 38.5 Å². The van der Waals surface area contributed by atoms with Gasteiger partial charge in [-0.15, -0.1) is 0 Å². The number of nitrogens with one attached hydrogen (secondary N) is 3. The van der Waals surface area contributed by atoms with E-state index in [0.29, 0.717) is 24.3 Å². The average molecular weight is 639 g/mol. The minimum atomic E-state index is -0.852. The summed E-state index contributed by atoms with van der Waals surface area (Å²) in [7, 11) is 2.00. The first kappa shape index (κ1) is 35.1. The number of aromatic nitrogens is 1. The Kier molecular flexibility index (Phi) is 12.4. The Balaban J connectivity index is 1.53. The van der Waals surface area contributed by atoms with E-state index in [4.69, 9.17) is 0 Å². The number of carbonyl (C=O) groups excluding carboxylic acids is 4. The lowest BCUT2D eigenvalue weighted by Crippen LogP contribution is -2.55. The van der Waals surface area contributed by atoms with Crippen molar-refractivity contribution < 1.29 is 23.6 Å². The van der Waals surface area contributed by atoms with Crippen LogP contribution in [0.15, 0.2) is 36.5 Å². The smallest absolute Gasteiger partial charge is 0.268 e. The van der Waals surface area contributed by atoms with Crippen LogP contribution in [0.5, 0.6) is 0 Å². The van der Waals surface area contributed by atoms with Gasteiger partial charge in [-0.1, -0.05) is 45.6 Å². The van der Waals surface area contributed by atoms with Crippen LogP contribution < -0.4 is 16.0 Å². The highest BCUT2D eigenvalue weighted by atomic mass is 19.1. The summed E-state index contributed by atoms with van der Waals surface area (Å²) >= 11 is 0. The number of halogens is 1. The van der Waals surface area contributed by atoms with Crippen LogP contribution in [0.4, 0.5) is 10.1 Å². The molecule has 3 atom stereocenters. The molecule has 0 radical (unpaired) electrons. The summed E-state index contributed by atoms with van der Waals surface area (Å²) in [6.45, 7) is 10.1. The van der Waals surface area contributed by atoms with E-state index < -0.39 is 29.7 Å². The molecule has 1 saturated carbocycles. The lowest BCUT2D eigenvalue weighted by molar-refractivity contribution is -0.138. The van der Waals surface area contributed by atoms with Gasteiger partial charge in [-0.2, -0.15) is 0 Å². The van der Waals surface area contributed by atoms with Gasteiger partial charge in [-0.3, -0.25) is 19.2 Å². The van der Waals surface area contributed by atoms with E-state index in [1.165, 1.54) is 12.1 Å². The molecule has 1 saturated heterocycles. The molecule has 2 heterocycles. The molecule has 2 aliphatic rings. The molecule has 1 aromatic carbocycles. The van der Waals surface area contributed by atoms with Crippen molar-refractivity contribution in [2.45, 2.75) is 96.7 Å². The molecule has 10 nitrogen and oxygen atoms in total. The number of hydrogen-bond acceptors (Lipinski definition) is 5. The fourth-order valence-electron chi connectivity index (χ4n) is 6.51. The van der Waals surface area contributed by atoms with E-state index >= 15 is 4.39 Å². The van der Waals surface area contributed by atoms with Crippen molar-refractivity contribution in [1.82, 2.24) is 25.0 Å². The summed E-state index contributed by atoms with van der Waals surface area (Å²) in [5.74, 6) is -2.47. The number of rotatable bonds is 11. The fraction of sp³-hybridized carbons (Fsp3) is 0.600. The standard InChI is InChI=1S/C35H51FN6O4/c1-6-30(43)38-31(35(46)41-20-18-40(5)19-21-41)24(4)26-15-16-28(27(36)22-26)37-34(45)32(25-12-9-7-8-10-13-25)39-33(44)29-14-11-17-42(29)23(2)3/h11,14-17,22-25,31-32H,6-10,12-13,18-21H2,1-5H3,(H,37,45)(H,38,43)(H,39,44). The molecule has 4 amide bonds. The number of likely N-dealkylation sites (N-methyl/N-ethyl adjacent to an activating group) is 1. The van der Waals surface area contributed by atoms with E-state index in [1.807, 2.05) is 37.7 Å². The van der Waals surface area contributed by atoms with Crippen molar-refractivity contribution in [3.63, 3.8) is 0 Å². The Labute approximate surface area is 272 Å². The molecule has 0 spiro atoms. The van der Waals surface area contributed by atoms with Crippen molar-refractivity contribution in [2.24, 2.45) is 5.92 Å². The predicted octanol–water partition coefficient (Wildman–Crippen LogP) is 4.69. The monoisotopic (exact) mass is 638 g/mol.